The smallest absolute Gasteiger partial charge is 0.166 e. The average Bonchev–Trinajstić information content (AvgIpc) is 2.54. The van der Waals surface area contributed by atoms with Crippen LogP contribution in [0, 0.1) is 11.8 Å². The van der Waals surface area contributed by atoms with Crippen molar-refractivity contribution in [2.45, 2.75) is 34.1 Å². The predicted octanol–water partition coefficient (Wildman–Crippen LogP) is 4.95. The molecule has 0 unspecified atom stereocenters. The summed E-state index contributed by atoms with van der Waals surface area (Å²) in [7, 11) is 0. The molecule has 23 heavy (non-hydrogen) atoms. The first kappa shape index (κ1) is 17.1. The normalized spacial score (nSPS) is 11.0. The summed E-state index contributed by atoms with van der Waals surface area (Å²) in [4.78, 5) is 25.0. The van der Waals surface area contributed by atoms with Crippen molar-refractivity contribution in [2.75, 3.05) is 0 Å². The topological polar surface area (TPSA) is 34.1 Å². The summed E-state index contributed by atoms with van der Waals surface area (Å²) in [5, 5.41) is 0. The van der Waals surface area contributed by atoms with E-state index in [1.54, 1.807) is 0 Å². The number of hydrogen-bond donors (Lipinski definition) is 0. The Labute approximate surface area is 138 Å². The Morgan fingerprint density at radius 2 is 1.30 bits per heavy atom. The summed E-state index contributed by atoms with van der Waals surface area (Å²) < 4.78 is 0. The zero-order valence-electron chi connectivity index (χ0n) is 14.3. The van der Waals surface area contributed by atoms with Crippen LogP contribution >= 0.6 is 0 Å². The SMILES string of the molecule is CC(C)C(=O)c1ccc(Cc2ccccc2)cc1C(=O)C(C)C. The Kier molecular flexibility index (Phi) is 5.49. The average molecular weight is 308 g/mol. The van der Waals surface area contributed by atoms with Crippen molar-refractivity contribution in [3.8, 4) is 0 Å². The second-order valence-electron chi connectivity index (χ2n) is 6.58. The van der Waals surface area contributed by atoms with Crippen molar-refractivity contribution in [1.82, 2.24) is 0 Å². The molecule has 0 spiro atoms. The van der Waals surface area contributed by atoms with Crippen molar-refractivity contribution in [3.63, 3.8) is 0 Å². The molecule has 0 N–H and O–H groups in total. The van der Waals surface area contributed by atoms with Crippen LogP contribution in [0.3, 0.4) is 0 Å². The fourth-order valence-electron chi connectivity index (χ4n) is 2.57. The molecule has 0 aliphatic heterocycles. The summed E-state index contributed by atoms with van der Waals surface area (Å²) in [6.45, 7) is 7.47. The number of rotatable bonds is 6. The highest BCUT2D eigenvalue weighted by Gasteiger charge is 2.21. The fourth-order valence-corrected chi connectivity index (χ4v) is 2.57. The maximum absolute atomic E-state index is 12.5. The van der Waals surface area contributed by atoms with Crippen LogP contribution in [0.15, 0.2) is 48.5 Å². The molecule has 0 saturated heterocycles. The molecule has 0 aliphatic rings. The molecule has 2 nitrogen and oxygen atoms in total. The van der Waals surface area contributed by atoms with Crippen LogP contribution in [0.4, 0.5) is 0 Å². The van der Waals surface area contributed by atoms with Gasteiger partial charge in [0.05, 0.1) is 0 Å². The standard InChI is InChI=1S/C21H24O2/c1-14(2)20(22)18-11-10-17(12-16-8-6-5-7-9-16)13-19(18)21(23)15(3)4/h5-11,13-15H,12H2,1-4H3. The van der Waals surface area contributed by atoms with Crippen molar-refractivity contribution in [3.05, 3.63) is 70.8 Å². The first-order valence-corrected chi connectivity index (χ1v) is 8.15. The minimum atomic E-state index is -0.124. The van der Waals surface area contributed by atoms with Gasteiger partial charge in [-0.05, 0) is 23.6 Å². The molecular formula is C21H24O2. The van der Waals surface area contributed by atoms with Gasteiger partial charge in [0.15, 0.2) is 11.6 Å². The van der Waals surface area contributed by atoms with Crippen molar-refractivity contribution < 1.29 is 9.59 Å². The second-order valence-corrected chi connectivity index (χ2v) is 6.58. The van der Waals surface area contributed by atoms with Crippen LogP contribution < -0.4 is 0 Å². The quantitative estimate of drug-likeness (QED) is 0.707. The lowest BCUT2D eigenvalue weighted by molar-refractivity contribution is 0.0905. The Morgan fingerprint density at radius 1 is 0.739 bits per heavy atom. The number of carbonyl (C=O) groups excluding carboxylic acids is 2. The monoisotopic (exact) mass is 308 g/mol. The molecule has 0 aliphatic carbocycles. The summed E-state index contributed by atoms with van der Waals surface area (Å²) in [5.41, 5.74) is 3.36. The molecule has 2 heteroatoms. The second kappa shape index (κ2) is 7.36. The number of hydrogen-bond acceptors (Lipinski definition) is 2. The van der Waals surface area contributed by atoms with Gasteiger partial charge in [-0.15, -0.1) is 0 Å². The third kappa shape index (κ3) is 4.16. The highest BCUT2D eigenvalue weighted by Crippen LogP contribution is 2.21. The summed E-state index contributed by atoms with van der Waals surface area (Å²) >= 11 is 0. The molecule has 2 rings (SSSR count). The Bertz CT molecular complexity index is 697. The maximum Gasteiger partial charge on any atom is 0.166 e. The summed E-state index contributed by atoms with van der Waals surface area (Å²) in [6.07, 6.45) is 0.759. The molecule has 0 saturated carbocycles. The largest absolute Gasteiger partial charge is 0.294 e. The van der Waals surface area contributed by atoms with E-state index in [4.69, 9.17) is 0 Å². The zero-order chi connectivity index (χ0) is 17.0. The number of benzene rings is 2. The minimum absolute atomic E-state index is 0.0280. The van der Waals surface area contributed by atoms with Crippen molar-refractivity contribution in [2.24, 2.45) is 11.8 Å². The third-order valence-corrected chi connectivity index (χ3v) is 3.91. The molecule has 2 aromatic rings. The van der Waals surface area contributed by atoms with Gasteiger partial charge in [0, 0.05) is 23.0 Å². The van der Waals surface area contributed by atoms with E-state index in [9.17, 15) is 9.59 Å². The Balaban J connectivity index is 2.43. The number of ketones is 2. The lowest BCUT2D eigenvalue weighted by Crippen LogP contribution is -2.17. The molecular weight excluding hydrogens is 284 g/mol. The van der Waals surface area contributed by atoms with Gasteiger partial charge in [-0.1, -0.05) is 70.2 Å². The highest BCUT2D eigenvalue weighted by atomic mass is 16.1. The van der Waals surface area contributed by atoms with Gasteiger partial charge >= 0.3 is 0 Å². The van der Waals surface area contributed by atoms with Crippen LogP contribution in [0.25, 0.3) is 0 Å². The molecule has 0 bridgehead atoms. The van der Waals surface area contributed by atoms with E-state index < -0.39 is 0 Å². The summed E-state index contributed by atoms with van der Waals surface area (Å²) in [6, 6.07) is 15.8. The van der Waals surface area contributed by atoms with E-state index in [1.165, 1.54) is 5.56 Å². The van der Waals surface area contributed by atoms with Crippen molar-refractivity contribution >= 4 is 11.6 Å². The van der Waals surface area contributed by atoms with Gasteiger partial charge in [-0.25, -0.2) is 0 Å². The Morgan fingerprint density at radius 3 is 1.87 bits per heavy atom. The van der Waals surface area contributed by atoms with Crippen LogP contribution in [0.2, 0.25) is 0 Å². The molecule has 0 amide bonds. The molecule has 0 aromatic heterocycles. The van der Waals surface area contributed by atoms with Gasteiger partial charge in [0.25, 0.3) is 0 Å². The lowest BCUT2D eigenvalue weighted by Gasteiger charge is -2.14. The molecule has 2 aromatic carbocycles. The van der Waals surface area contributed by atoms with Gasteiger partial charge in [0.2, 0.25) is 0 Å². The van der Waals surface area contributed by atoms with E-state index in [-0.39, 0.29) is 23.4 Å². The molecule has 0 heterocycles. The number of Topliss-reactive ketones (excluding diaryl/α,β-unsaturated/α-hetero) is 2. The van der Waals surface area contributed by atoms with Gasteiger partial charge in [0.1, 0.15) is 0 Å². The zero-order valence-corrected chi connectivity index (χ0v) is 14.3. The number of carbonyl (C=O) groups is 2. The first-order chi connectivity index (χ1) is 10.9. The Hall–Kier alpha value is -2.22. The van der Waals surface area contributed by atoms with E-state index in [2.05, 4.69) is 12.1 Å². The van der Waals surface area contributed by atoms with E-state index in [0.717, 1.165) is 12.0 Å². The predicted molar refractivity (Wildman–Crippen MR) is 94.0 cm³/mol. The first-order valence-electron chi connectivity index (χ1n) is 8.15. The van der Waals surface area contributed by atoms with E-state index in [1.807, 2.05) is 64.1 Å². The molecule has 0 fully saturated rings. The maximum atomic E-state index is 12.5. The minimum Gasteiger partial charge on any atom is -0.294 e. The van der Waals surface area contributed by atoms with Gasteiger partial charge in [-0.3, -0.25) is 9.59 Å². The van der Waals surface area contributed by atoms with Crippen LogP contribution in [0.1, 0.15) is 59.5 Å². The molecule has 120 valence electrons. The third-order valence-electron chi connectivity index (χ3n) is 3.91. The van der Waals surface area contributed by atoms with Gasteiger partial charge in [-0.2, -0.15) is 0 Å². The van der Waals surface area contributed by atoms with Crippen molar-refractivity contribution in [1.29, 1.82) is 0 Å². The van der Waals surface area contributed by atoms with Crippen LogP contribution in [-0.2, 0) is 6.42 Å². The lowest BCUT2D eigenvalue weighted by atomic mass is 9.88. The molecule has 0 atom stereocenters. The van der Waals surface area contributed by atoms with Crippen LogP contribution in [-0.4, -0.2) is 11.6 Å². The van der Waals surface area contributed by atoms with Crippen LogP contribution in [0.5, 0.6) is 0 Å². The fraction of sp³-hybridized carbons (Fsp3) is 0.333. The van der Waals surface area contributed by atoms with Gasteiger partial charge < -0.3 is 0 Å². The summed E-state index contributed by atoms with van der Waals surface area (Å²) in [5.74, 6) is -0.182. The van der Waals surface area contributed by atoms with E-state index in [0.29, 0.717) is 11.1 Å². The molecule has 0 radical (unpaired) electrons. The van der Waals surface area contributed by atoms with E-state index >= 15 is 0 Å². The highest BCUT2D eigenvalue weighted by molar-refractivity contribution is 6.10.